The van der Waals surface area contributed by atoms with Crippen molar-refractivity contribution in [3.8, 4) is 0 Å². The van der Waals surface area contributed by atoms with Crippen molar-refractivity contribution in [2.75, 3.05) is 0 Å². The van der Waals surface area contributed by atoms with E-state index in [4.69, 9.17) is 29.0 Å². The van der Waals surface area contributed by atoms with Gasteiger partial charge < -0.3 is 0 Å². The number of hydrogen-bond donors (Lipinski definition) is 2. The van der Waals surface area contributed by atoms with Gasteiger partial charge in [0.1, 0.15) is 5.82 Å². The van der Waals surface area contributed by atoms with Gasteiger partial charge in [0, 0.05) is 0 Å². The van der Waals surface area contributed by atoms with Gasteiger partial charge in [0.15, 0.2) is 0 Å². The van der Waals surface area contributed by atoms with E-state index in [0.29, 0.717) is 16.5 Å². The molecule has 0 aliphatic rings. The average molecular weight is 299 g/mol. The smallest absolute Gasteiger partial charge is 0.123 e. The van der Waals surface area contributed by atoms with Crippen molar-refractivity contribution in [1.82, 2.24) is 5.43 Å². The van der Waals surface area contributed by atoms with Crippen molar-refractivity contribution in [3.05, 3.63) is 69.5 Å². The molecule has 0 aliphatic heterocycles. The Morgan fingerprint density at radius 1 is 1.16 bits per heavy atom. The molecule has 0 spiro atoms. The van der Waals surface area contributed by atoms with Crippen molar-refractivity contribution in [1.29, 1.82) is 0 Å². The highest BCUT2D eigenvalue weighted by Crippen LogP contribution is 2.31. The average Bonchev–Trinajstić information content (AvgIpc) is 2.40. The summed E-state index contributed by atoms with van der Waals surface area (Å²) in [6, 6.07) is 11.5. The van der Waals surface area contributed by atoms with Gasteiger partial charge in [-0.25, -0.2) is 4.39 Å². The van der Waals surface area contributed by atoms with Crippen LogP contribution in [-0.4, -0.2) is 0 Å². The molecule has 0 saturated heterocycles. The van der Waals surface area contributed by atoms with Gasteiger partial charge in [-0.2, -0.15) is 0 Å². The van der Waals surface area contributed by atoms with Gasteiger partial charge in [0.05, 0.1) is 16.1 Å². The quantitative estimate of drug-likeness (QED) is 0.664. The highest BCUT2D eigenvalue weighted by molar-refractivity contribution is 6.42. The summed E-state index contributed by atoms with van der Waals surface area (Å²) in [5.74, 6) is 5.29. The first-order chi connectivity index (χ1) is 9.11. The fraction of sp³-hybridized carbons (Fsp3) is 0.143. The summed E-state index contributed by atoms with van der Waals surface area (Å²) in [4.78, 5) is 0. The lowest BCUT2D eigenvalue weighted by Crippen LogP contribution is -2.29. The van der Waals surface area contributed by atoms with Crippen LogP contribution in [0.15, 0.2) is 42.5 Å². The van der Waals surface area contributed by atoms with Gasteiger partial charge in [-0.1, -0.05) is 47.5 Å². The summed E-state index contributed by atoms with van der Waals surface area (Å²) in [6.07, 6.45) is 0.522. The van der Waals surface area contributed by atoms with Crippen LogP contribution in [0.5, 0.6) is 0 Å². The first-order valence-corrected chi connectivity index (χ1v) is 6.52. The number of hydrogen-bond acceptors (Lipinski definition) is 2. The Morgan fingerprint density at radius 2 is 1.89 bits per heavy atom. The summed E-state index contributed by atoms with van der Waals surface area (Å²) < 4.78 is 13.2. The minimum Gasteiger partial charge on any atom is -0.271 e. The summed E-state index contributed by atoms with van der Waals surface area (Å²) in [5.41, 5.74) is 4.31. The maximum Gasteiger partial charge on any atom is 0.123 e. The van der Waals surface area contributed by atoms with Crippen molar-refractivity contribution in [2.45, 2.75) is 12.5 Å². The van der Waals surface area contributed by atoms with Crippen LogP contribution in [0, 0.1) is 5.82 Å². The van der Waals surface area contributed by atoms with Crippen LogP contribution >= 0.6 is 23.2 Å². The van der Waals surface area contributed by atoms with Crippen LogP contribution in [0.2, 0.25) is 10.0 Å². The highest BCUT2D eigenvalue weighted by atomic mass is 35.5. The van der Waals surface area contributed by atoms with E-state index < -0.39 is 0 Å². The molecule has 1 atom stereocenters. The molecule has 0 heterocycles. The fourth-order valence-corrected chi connectivity index (χ4v) is 2.39. The fourth-order valence-electron chi connectivity index (χ4n) is 1.95. The number of rotatable bonds is 4. The third-order valence-electron chi connectivity index (χ3n) is 2.89. The third kappa shape index (κ3) is 3.45. The van der Waals surface area contributed by atoms with Crippen LogP contribution in [0.1, 0.15) is 17.2 Å². The first kappa shape index (κ1) is 14.3. The molecular weight excluding hydrogens is 286 g/mol. The maximum atomic E-state index is 13.2. The Balaban J connectivity index is 2.28. The predicted molar refractivity (Wildman–Crippen MR) is 76.6 cm³/mol. The molecule has 0 aliphatic carbocycles. The third-order valence-corrected chi connectivity index (χ3v) is 3.72. The van der Waals surface area contributed by atoms with Crippen molar-refractivity contribution >= 4 is 23.2 Å². The van der Waals surface area contributed by atoms with Gasteiger partial charge in [-0.05, 0) is 35.7 Å². The molecule has 3 N–H and O–H groups in total. The number of nitrogens with one attached hydrogen (secondary N) is 1. The summed E-state index contributed by atoms with van der Waals surface area (Å²) in [6.45, 7) is 0. The lowest BCUT2D eigenvalue weighted by atomic mass is 9.99. The minimum atomic E-state index is -0.273. The summed E-state index contributed by atoms with van der Waals surface area (Å²) in [5, 5.41) is 0.933. The van der Waals surface area contributed by atoms with Crippen molar-refractivity contribution in [3.63, 3.8) is 0 Å². The molecule has 0 fully saturated rings. The molecule has 2 nitrogen and oxygen atoms in total. The van der Waals surface area contributed by atoms with E-state index in [-0.39, 0.29) is 11.9 Å². The normalized spacial score (nSPS) is 12.4. The number of hydrazine groups is 1. The molecule has 0 amide bonds. The number of halogens is 3. The second-order valence-corrected chi connectivity index (χ2v) is 4.98. The second-order valence-electron chi connectivity index (χ2n) is 4.20. The maximum absolute atomic E-state index is 13.2. The van der Waals surface area contributed by atoms with E-state index in [1.54, 1.807) is 18.2 Å². The molecule has 5 heteroatoms. The number of benzene rings is 2. The van der Waals surface area contributed by atoms with Crippen molar-refractivity contribution in [2.24, 2.45) is 5.84 Å². The first-order valence-electron chi connectivity index (χ1n) is 5.76. The summed E-state index contributed by atoms with van der Waals surface area (Å²) >= 11 is 12.1. The molecule has 100 valence electrons. The second kappa shape index (κ2) is 6.35. The molecule has 0 saturated carbocycles. The molecule has 1 unspecified atom stereocenters. The SMILES string of the molecule is NNC(Cc1cccc(F)c1)c1cccc(Cl)c1Cl. The zero-order valence-corrected chi connectivity index (χ0v) is 11.5. The zero-order chi connectivity index (χ0) is 13.8. The topological polar surface area (TPSA) is 38.0 Å². The van der Waals surface area contributed by atoms with E-state index in [0.717, 1.165) is 11.1 Å². The largest absolute Gasteiger partial charge is 0.271 e. The molecule has 2 aromatic rings. The van der Waals surface area contributed by atoms with Crippen LogP contribution in [0.3, 0.4) is 0 Å². The Hall–Kier alpha value is -1.13. The van der Waals surface area contributed by atoms with Crippen molar-refractivity contribution < 1.29 is 4.39 Å². The van der Waals surface area contributed by atoms with E-state index >= 15 is 0 Å². The number of nitrogens with two attached hydrogens (primary N) is 1. The molecule has 0 bridgehead atoms. The zero-order valence-electron chi connectivity index (χ0n) is 10.0. The Kier molecular flexibility index (Phi) is 4.77. The van der Waals surface area contributed by atoms with Crippen LogP contribution < -0.4 is 11.3 Å². The minimum absolute atomic E-state index is 0.229. The molecule has 2 aromatic carbocycles. The molecule has 2 rings (SSSR count). The van der Waals surface area contributed by atoms with E-state index in [2.05, 4.69) is 5.43 Å². The lowest BCUT2D eigenvalue weighted by molar-refractivity contribution is 0.549. The Labute approximate surface area is 121 Å². The lowest BCUT2D eigenvalue weighted by Gasteiger charge is -2.18. The van der Waals surface area contributed by atoms with E-state index in [1.165, 1.54) is 12.1 Å². The monoisotopic (exact) mass is 298 g/mol. The Bertz CT molecular complexity index is 575. The molecule has 0 aromatic heterocycles. The summed E-state index contributed by atoms with van der Waals surface area (Å²) in [7, 11) is 0. The van der Waals surface area contributed by atoms with Gasteiger partial charge in [-0.3, -0.25) is 11.3 Å². The van der Waals surface area contributed by atoms with Gasteiger partial charge in [-0.15, -0.1) is 0 Å². The van der Waals surface area contributed by atoms with Gasteiger partial charge in [0.25, 0.3) is 0 Å². The Morgan fingerprint density at radius 3 is 2.58 bits per heavy atom. The van der Waals surface area contributed by atoms with E-state index in [9.17, 15) is 4.39 Å². The van der Waals surface area contributed by atoms with Crippen LogP contribution in [0.25, 0.3) is 0 Å². The standard InChI is InChI=1S/C14H13Cl2FN2/c15-12-6-2-5-11(14(12)16)13(19-18)8-9-3-1-4-10(17)7-9/h1-7,13,19H,8,18H2. The van der Waals surface area contributed by atoms with Gasteiger partial charge >= 0.3 is 0 Å². The van der Waals surface area contributed by atoms with Gasteiger partial charge in [0.2, 0.25) is 0 Å². The highest BCUT2D eigenvalue weighted by Gasteiger charge is 2.15. The molecular formula is C14H13Cl2FN2. The van der Waals surface area contributed by atoms with Crippen LogP contribution in [-0.2, 0) is 6.42 Å². The predicted octanol–water partition coefficient (Wildman–Crippen LogP) is 3.88. The van der Waals surface area contributed by atoms with Crippen LogP contribution in [0.4, 0.5) is 4.39 Å². The van der Waals surface area contributed by atoms with E-state index in [1.807, 2.05) is 12.1 Å². The molecule has 19 heavy (non-hydrogen) atoms. The molecule has 0 radical (unpaired) electrons.